The third-order valence-corrected chi connectivity index (χ3v) is 3.85. The maximum Gasteiger partial charge on any atom is 0.191 e. The van der Waals surface area contributed by atoms with Gasteiger partial charge in [0.1, 0.15) is 0 Å². The number of rotatable bonds is 7. The molecule has 0 radical (unpaired) electrons. The highest BCUT2D eigenvalue weighted by Crippen LogP contribution is 2.11. The first-order valence-electron chi connectivity index (χ1n) is 7.95. The molecule has 0 unspecified atom stereocenters. The van der Waals surface area contributed by atoms with Gasteiger partial charge in [-0.2, -0.15) is 0 Å². The molecule has 6 nitrogen and oxygen atoms in total. The second-order valence-corrected chi connectivity index (χ2v) is 6.10. The van der Waals surface area contributed by atoms with E-state index in [1.165, 1.54) is 5.52 Å². The molecule has 0 amide bonds. The normalized spacial score (nSPS) is 12.1. The van der Waals surface area contributed by atoms with Crippen molar-refractivity contribution in [3.63, 3.8) is 0 Å². The van der Waals surface area contributed by atoms with E-state index in [1.807, 2.05) is 38.4 Å². The number of imidazole rings is 1. The number of aliphatic imine (C=N–C) groups is 1. The Kier molecular flexibility index (Phi) is 8.47. The van der Waals surface area contributed by atoms with Crippen LogP contribution in [0.4, 0.5) is 0 Å². The molecule has 24 heavy (non-hydrogen) atoms. The van der Waals surface area contributed by atoms with Crippen LogP contribution in [0.1, 0.15) is 20.3 Å². The van der Waals surface area contributed by atoms with E-state index in [0.717, 1.165) is 31.0 Å². The highest BCUT2D eigenvalue weighted by Gasteiger charge is 2.16. The highest BCUT2D eigenvalue weighted by molar-refractivity contribution is 14.0. The standard InChI is InChI=1S/C17H27N5O.HI/c1-17(2,23-4)12-20-16(18-3)19-10-7-11-22-13-21-14-8-5-6-9-15(14)22;/h5-6,8-9,13H,7,10-12H2,1-4H3,(H2,18,19,20);1H. The summed E-state index contributed by atoms with van der Waals surface area (Å²) in [4.78, 5) is 8.64. The van der Waals surface area contributed by atoms with E-state index in [1.54, 1.807) is 14.2 Å². The van der Waals surface area contributed by atoms with Gasteiger partial charge in [-0.25, -0.2) is 4.98 Å². The Labute approximate surface area is 161 Å². The summed E-state index contributed by atoms with van der Waals surface area (Å²) in [6, 6.07) is 8.19. The van der Waals surface area contributed by atoms with Crippen molar-refractivity contribution in [2.75, 3.05) is 27.2 Å². The second-order valence-electron chi connectivity index (χ2n) is 6.10. The predicted octanol–water partition coefficient (Wildman–Crippen LogP) is 2.63. The van der Waals surface area contributed by atoms with E-state index in [2.05, 4.69) is 31.2 Å². The van der Waals surface area contributed by atoms with Crippen molar-refractivity contribution < 1.29 is 4.74 Å². The summed E-state index contributed by atoms with van der Waals surface area (Å²) in [5.41, 5.74) is 2.00. The number of nitrogens with zero attached hydrogens (tertiary/aromatic N) is 3. The van der Waals surface area contributed by atoms with Gasteiger partial charge < -0.3 is 19.9 Å². The van der Waals surface area contributed by atoms with Crippen LogP contribution in [-0.4, -0.2) is 48.4 Å². The minimum absolute atomic E-state index is 0. The second kappa shape index (κ2) is 9.83. The van der Waals surface area contributed by atoms with Crippen molar-refractivity contribution in [1.82, 2.24) is 20.2 Å². The zero-order chi connectivity index (χ0) is 16.7. The van der Waals surface area contributed by atoms with Crippen molar-refractivity contribution in [1.29, 1.82) is 0 Å². The first-order chi connectivity index (χ1) is 11.1. The maximum atomic E-state index is 5.39. The van der Waals surface area contributed by atoms with Crippen molar-refractivity contribution in [2.24, 2.45) is 4.99 Å². The molecule has 1 heterocycles. The Morgan fingerprint density at radius 3 is 2.75 bits per heavy atom. The molecule has 134 valence electrons. The number of benzene rings is 1. The molecule has 0 saturated heterocycles. The number of fused-ring (bicyclic) bond motifs is 1. The topological polar surface area (TPSA) is 63.5 Å². The third-order valence-electron chi connectivity index (χ3n) is 3.85. The van der Waals surface area contributed by atoms with E-state index in [4.69, 9.17) is 4.74 Å². The molecule has 0 spiro atoms. The molecular weight excluding hydrogens is 417 g/mol. The Morgan fingerprint density at radius 1 is 1.29 bits per heavy atom. The third kappa shape index (κ3) is 5.94. The molecule has 0 bridgehead atoms. The molecule has 1 aromatic heterocycles. The van der Waals surface area contributed by atoms with Crippen molar-refractivity contribution in [3.05, 3.63) is 30.6 Å². The SMILES string of the molecule is CN=C(NCCCn1cnc2ccccc21)NCC(C)(C)OC.I. The monoisotopic (exact) mass is 445 g/mol. The van der Waals surface area contributed by atoms with Gasteiger partial charge in [0.15, 0.2) is 5.96 Å². The van der Waals surface area contributed by atoms with Gasteiger partial charge in [0, 0.05) is 33.8 Å². The molecule has 2 N–H and O–H groups in total. The Morgan fingerprint density at radius 2 is 2.04 bits per heavy atom. The summed E-state index contributed by atoms with van der Waals surface area (Å²) in [6.07, 6.45) is 2.90. The van der Waals surface area contributed by atoms with E-state index >= 15 is 0 Å². The molecular formula is C17H28IN5O. The summed E-state index contributed by atoms with van der Waals surface area (Å²) < 4.78 is 7.57. The summed E-state index contributed by atoms with van der Waals surface area (Å²) in [5.74, 6) is 0.797. The van der Waals surface area contributed by atoms with Gasteiger partial charge in [-0.05, 0) is 32.4 Å². The minimum Gasteiger partial charge on any atom is -0.377 e. The smallest absolute Gasteiger partial charge is 0.191 e. The van der Waals surface area contributed by atoms with Crippen molar-refractivity contribution in [3.8, 4) is 0 Å². The van der Waals surface area contributed by atoms with E-state index in [9.17, 15) is 0 Å². The summed E-state index contributed by atoms with van der Waals surface area (Å²) >= 11 is 0. The Hall–Kier alpha value is -1.35. The molecule has 0 aliphatic heterocycles. The van der Waals surface area contributed by atoms with Crippen LogP contribution in [0, 0.1) is 0 Å². The zero-order valence-electron chi connectivity index (χ0n) is 14.9. The number of aromatic nitrogens is 2. The van der Waals surface area contributed by atoms with E-state index < -0.39 is 0 Å². The predicted molar refractivity (Wildman–Crippen MR) is 110 cm³/mol. The highest BCUT2D eigenvalue weighted by atomic mass is 127. The first kappa shape index (κ1) is 20.7. The van der Waals surface area contributed by atoms with Crippen LogP contribution >= 0.6 is 24.0 Å². The maximum absolute atomic E-state index is 5.39. The summed E-state index contributed by atoms with van der Waals surface area (Å²) in [6.45, 7) is 6.55. The van der Waals surface area contributed by atoms with Gasteiger partial charge >= 0.3 is 0 Å². The number of aryl methyl sites for hydroxylation is 1. The van der Waals surface area contributed by atoms with Crippen LogP contribution in [0.3, 0.4) is 0 Å². The number of hydrogen-bond acceptors (Lipinski definition) is 3. The number of methoxy groups -OCH3 is 1. The van der Waals surface area contributed by atoms with Crippen LogP contribution in [0.2, 0.25) is 0 Å². The molecule has 2 aromatic rings. The number of guanidine groups is 1. The van der Waals surface area contributed by atoms with Gasteiger partial charge in [-0.1, -0.05) is 12.1 Å². The molecule has 0 aliphatic carbocycles. The molecule has 0 atom stereocenters. The number of hydrogen-bond donors (Lipinski definition) is 2. The van der Waals surface area contributed by atoms with Crippen molar-refractivity contribution in [2.45, 2.75) is 32.4 Å². The van der Waals surface area contributed by atoms with E-state index in [-0.39, 0.29) is 29.6 Å². The van der Waals surface area contributed by atoms with Crippen LogP contribution < -0.4 is 10.6 Å². The van der Waals surface area contributed by atoms with Gasteiger partial charge in [-0.15, -0.1) is 24.0 Å². The molecule has 7 heteroatoms. The number of ether oxygens (including phenoxy) is 1. The van der Waals surface area contributed by atoms with Crippen molar-refractivity contribution >= 4 is 41.0 Å². The lowest BCUT2D eigenvalue weighted by Crippen LogP contribution is -2.45. The lowest BCUT2D eigenvalue weighted by atomic mass is 10.1. The summed E-state index contributed by atoms with van der Waals surface area (Å²) in [7, 11) is 3.49. The number of halogens is 1. The van der Waals surface area contributed by atoms with Gasteiger partial charge in [0.2, 0.25) is 0 Å². The molecule has 1 aromatic carbocycles. The first-order valence-corrected chi connectivity index (χ1v) is 7.95. The van der Waals surface area contributed by atoms with Crippen LogP contribution in [-0.2, 0) is 11.3 Å². The average Bonchev–Trinajstić information content (AvgIpc) is 2.97. The zero-order valence-corrected chi connectivity index (χ0v) is 17.2. The Bertz CT molecular complexity index is 653. The summed E-state index contributed by atoms with van der Waals surface area (Å²) in [5, 5.41) is 6.60. The van der Waals surface area contributed by atoms with Gasteiger partial charge in [0.05, 0.1) is 23.0 Å². The Balaban J connectivity index is 0.00000288. The molecule has 0 saturated carbocycles. The van der Waals surface area contributed by atoms with Gasteiger partial charge in [0.25, 0.3) is 0 Å². The fourth-order valence-electron chi connectivity index (χ4n) is 2.23. The molecule has 2 rings (SSSR count). The molecule has 0 aliphatic rings. The lowest BCUT2D eigenvalue weighted by Gasteiger charge is -2.24. The fourth-order valence-corrected chi connectivity index (χ4v) is 2.23. The minimum atomic E-state index is -0.215. The van der Waals surface area contributed by atoms with Gasteiger partial charge in [-0.3, -0.25) is 4.99 Å². The van der Waals surface area contributed by atoms with E-state index in [0.29, 0.717) is 6.54 Å². The number of para-hydroxylation sites is 2. The van der Waals surface area contributed by atoms with Crippen LogP contribution in [0.25, 0.3) is 11.0 Å². The van der Waals surface area contributed by atoms with Crippen LogP contribution in [0.15, 0.2) is 35.6 Å². The van der Waals surface area contributed by atoms with Crippen LogP contribution in [0.5, 0.6) is 0 Å². The fraction of sp³-hybridized carbons (Fsp3) is 0.529. The molecule has 0 fully saturated rings. The largest absolute Gasteiger partial charge is 0.377 e. The number of nitrogens with one attached hydrogen (secondary N) is 2. The lowest BCUT2D eigenvalue weighted by molar-refractivity contribution is 0.0268. The quantitative estimate of drug-likeness (QED) is 0.298. The average molecular weight is 445 g/mol.